The standard InChI is InChI=1S/C23H23ClN4O.C20H21N3O2S/c24-19-12-15(4-8-18(19)23(29)26-17-6-7-17)16-5-9-20-21(13-16)27-22(14-25-20)28-10-2-1-3-11-28;1-26(24,25)17-8-5-15(6-9-17)16-7-10-18-19(13-16)22-20(14-21-18)23-11-3-2-4-12-23/h4-5,8-9,12-14,17H,1-3,6-7,10-11H2,(H,26,29);5-10,13-14H,2-4,11-12H2,1H3. The fourth-order valence-corrected chi connectivity index (χ4v) is 8.07. The van der Waals surface area contributed by atoms with Crippen LogP contribution in [0.4, 0.5) is 11.6 Å². The second-order valence-electron chi connectivity index (χ2n) is 14.7. The molecule has 2 saturated heterocycles. The Bertz CT molecular complexity index is 2460. The molecule has 0 unspecified atom stereocenters. The molecule has 6 aromatic rings. The molecule has 3 fully saturated rings. The van der Waals surface area contributed by atoms with Gasteiger partial charge in [-0.2, -0.15) is 0 Å². The molecular weight excluding hydrogens is 730 g/mol. The van der Waals surface area contributed by atoms with Crippen LogP contribution in [0.5, 0.6) is 0 Å². The summed E-state index contributed by atoms with van der Waals surface area (Å²) in [6.07, 6.45) is 14.4. The minimum Gasteiger partial charge on any atom is -0.355 e. The molecule has 2 aliphatic heterocycles. The third kappa shape index (κ3) is 8.73. The monoisotopic (exact) mass is 773 g/mol. The number of aromatic nitrogens is 4. The third-order valence-corrected chi connectivity index (χ3v) is 11.9. The van der Waals surface area contributed by atoms with E-state index >= 15 is 0 Å². The first-order valence-electron chi connectivity index (χ1n) is 19.1. The summed E-state index contributed by atoms with van der Waals surface area (Å²) in [6.45, 7) is 4.15. The van der Waals surface area contributed by atoms with Crippen molar-refractivity contribution in [2.24, 2.45) is 0 Å². The van der Waals surface area contributed by atoms with E-state index in [0.29, 0.717) is 21.5 Å². The molecule has 282 valence electrons. The molecule has 4 heterocycles. The summed E-state index contributed by atoms with van der Waals surface area (Å²) in [7, 11) is -3.18. The van der Waals surface area contributed by atoms with Crippen molar-refractivity contribution >= 4 is 61.0 Å². The Hall–Kier alpha value is -5.13. The zero-order valence-corrected chi connectivity index (χ0v) is 32.5. The maximum atomic E-state index is 12.3. The SMILES string of the molecule is CS(=O)(=O)c1ccc(-c2ccc3ncc(N4CCCCC4)nc3c2)cc1.O=C(NC1CC1)c1ccc(-c2ccc3ncc(N4CCCCC4)nc3c2)cc1Cl. The average molecular weight is 774 g/mol. The Morgan fingerprint density at radius 2 is 1.11 bits per heavy atom. The fraction of sp³-hybridized carbons (Fsp3) is 0.326. The van der Waals surface area contributed by atoms with Crippen LogP contribution >= 0.6 is 11.6 Å². The smallest absolute Gasteiger partial charge is 0.253 e. The van der Waals surface area contributed by atoms with Crippen molar-refractivity contribution in [3.05, 3.63) is 102 Å². The first kappa shape index (κ1) is 36.8. The number of piperidine rings is 2. The number of fused-ring (bicyclic) bond motifs is 2. The second kappa shape index (κ2) is 15.9. The predicted octanol–water partition coefficient (Wildman–Crippen LogP) is 8.52. The van der Waals surface area contributed by atoms with Gasteiger partial charge in [-0.05, 0) is 122 Å². The van der Waals surface area contributed by atoms with Crippen molar-refractivity contribution in [3.63, 3.8) is 0 Å². The van der Waals surface area contributed by atoms with E-state index in [1.807, 2.05) is 73.1 Å². The highest BCUT2D eigenvalue weighted by molar-refractivity contribution is 7.90. The molecule has 0 spiro atoms. The van der Waals surface area contributed by atoms with Crippen LogP contribution in [0.1, 0.15) is 61.7 Å². The molecule has 2 aromatic heterocycles. The van der Waals surface area contributed by atoms with Crippen molar-refractivity contribution in [2.45, 2.75) is 62.3 Å². The summed E-state index contributed by atoms with van der Waals surface area (Å²) in [4.78, 5) is 36.1. The summed E-state index contributed by atoms with van der Waals surface area (Å²) >= 11 is 6.43. The molecule has 0 radical (unpaired) electrons. The summed E-state index contributed by atoms with van der Waals surface area (Å²) in [5.41, 5.74) is 7.93. The normalized spacial score (nSPS) is 16.1. The number of carbonyl (C=O) groups excluding carboxylic acids is 1. The average Bonchev–Trinajstić information content (AvgIpc) is 4.04. The number of nitrogens with one attached hydrogen (secondary N) is 1. The summed E-state index contributed by atoms with van der Waals surface area (Å²) in [6, 6.07) is 24.9. The van der Waals surface area contributed by atoms with Crippen molar-refractivity contribution < 1.29 is 13.2 Å². The highest BCUT2D eigenvalue weighted by atomic mass is 35.5. The van der Waals surface area contributed by atoms with Gasteiger partial charge in [0.2, 0.25) is 0 Å². The Balaban J connectivity index is 0.000000156. The number of rotatable bonds is 7. The molecule has 1 saturated carbocycles. The van der Waals surface area contributed by atoms with Gasteiger partial charge in [-0.15, -0.1) is 0 Å². The van der Waals surface area contributed by atoms with Crippen LogP contribution in [0.3, 0.4) is 0 Å². The molecule has 12 heteroatoms. The first-order chi connectivity index (χ1) is 26.7. The molecule has 4 aromatic carbocycles. The van der Waals surface area contributed by atoms with Crippen LogP contribution in [0.2, 0.25) is 5.02 Å². The zero-order chi connectivity index (χ0) is 37.9. The lowest BCUT2D eigenvalue weighted by Crippen LogP contribution is -2.30. The molecular formula is C43H44ClN7O3S. The highest BCUT2D eigenvalue weighted by Gasteiger charge is 2.25. The van der Waals surface area contributed by atoms with Crippen LogP contribution in [-0.4, -0.2) is 72.7 Å². The lowest BCUT2D eigenvalue weighted by atomic mass is 10.0. The summed E-state index contributed by atoms with van der Waals surface area (Å²) < 4.78 is 23.2. The number of nitrogens with zero attached hydrogens (tertiary/aromatic N) is 6. The Kier molecular flexibility index (Phi) is 10.7. The van der Waals surface area contributed by atoms with E-state index in [1.54, 1.807) is 18.2 Å². The van der Waals surface area contributed by atoms with E-state index in [4.69, 9.17) is 21.6 Å². The van der Waals surface area contributed by atoms with E-state index < -0.39 is 9.84 Å². The molecule has 0 atom stereocenters. The Morgan fingerprint density at radius 1 is 0.636 bits per heavy atom. The van der Waals surface area contributed by atoms with Crippen LogP contribution in [0.15, 0.2) is 96.2 Å². The van der Waals surface area contributed by atoms with Crippen molar-refractivity contribution in [1.82, 2.24) is 25.3 Å². The number of sulfone groups is 1. The Morgan fingerprint density at radius 3 is 1.60 bits per heavy atom. The number of amides is 1. The minimum absolute atomic E-state index is 0.0976. The maximum absolute atomic E-state index is 12.3. The van der Waals surface area contributed by atoms with Gasteiger partial charge in [-0.25, -0.2) is 18.4 Å². The lowest BCUT2D eigenvalue weighted by Gasteiger charge is -2.27. The summed E-state index contributed by atoms with van der Waals surface area (Å²) in [5.74, 6) is 1.78. The molecule has 1 aliphatic carbocycles. The second-order valence-corrected chi connectivity index (χ2v) is 17.1. The molecule has 0 bridgehead atoms. The predicted molar refractivity (Wildman–Crippen MR) is 221 cm³/mol. The molecule has 9 rings (SSSR count). The van der Waals surface area contributed by atoms with Gasteiger partial charge in [0.05, 0.1) is 49.9 Å². The molecule has 55 heavy (non-hydrogen) atoms. The first-order valence-corrected chi connectivity index (χ1v) is 21.4. The van der Waals surface area contributed by atoms with Crippen molar-refractivity contribution in [3.8, 4) is 22.3 Å². The van der Waals surface area contributed by atoms with E-state index in [9.17, 15) is 13.2 Å². The number of halogens is 1. The third-order valence-electron chi connectivity index (χ3n) is 10.5. The van der Waals surface area contributed by atoms with Gasteiger partial charge in [0.25, 0.3) is 5.91 Å². The fourth-order valence-electron chi connectivity index (χ4n) is 7.18. The minimum atomic E-state index is -3.18. The topological polar surface area (TPSA) is 121 Å². The van der Waals surface area contributed by atoms with Gasteiger partial charge in [0.15, 0.2) is 9.84 Å². The van der Waals surface area contributed by atoms with Gasteiger partial charge in [0, 0.05) is 38.5 Å². The van der Waals surface area contributed by atoms with Crippen LogP contribution in [0, 0.1) is 0 Å². The van der Waals surface area contributed by atoms with Gasteiger partial charge < -0.3 is 15.1 Å². The number of hydrogen-bond donors (Lipinski definition) is 1. The molecule has 3 aliphatic rings. The van der Waals surface area contributed by atoms with Gasteiger partial charge >= 0.3 is 0 Å². The zero-order valence-electron chi connectivity index (χ0n) is 30.9. The molecule has 10 nitrogen and oxygen atoms in total. The van der Waals surface area contributed by atoms with E-state index in [-0.39, 0.29) is 5.91 Å². The van der Waals surface area contributed by atoms with E-state index in [0.717, 1.165) is 95.0 Å². The van der Waals surface area contributed by atoms with E-state index in [1.165, 1.54) is 44.8 Å². The van der Waals surface area contributed by atoms with Crippen molar-refractivity contribution in [1.29, 1.82) is 0 Å². The number of anilines is 2. The molecule has 1 amide bonds. The van der Waals surface area contributed by atoms with Gasteiger partial charge in [-0.3, -0.25) is 14.8 Å². The van der Waals surface area contributed by atoms with E-state index in [2.05, 4.69) is 25.1 Å². The Labute approximate surface area is 326 Å². The lowest BCUT2D eigenvalue weighted by molar-refractivity contribution is 0.0951. The van der Waals surface area contributed by atoms with Crippen LogP contribution < -0.4 is 15.1 Å². The van der Waals surface area contributed by atoms with Gasteiger partial charge in [-0.1, -0.05) is 41.9 Å². The number of benzene rings is 4. The summed E-state index contributed by atoms with van der Waals surface area (Å²) in [5, 5.41) is 3.45. The largest absolute Gasteiger partial charge is 0.355 e. The highest BCUT2D eigenvalue weighted by Crippen LogP contribution is 2.30. The van der Waals surface area contributed by atoms with Crippen LogP contribution in [0.25, 0.3) is 44.3 Å². The van der Waals surface area contributed by atoms with Crippen LogP contribution in [-0.2, 0) is 9.84 Å². The molecule has 1 N–H and O–H groups in total. The number of carbonyl (C=O) groups is 1. The van der Waals surface area contributed by atoms with Gasteiger partial charge in [0.1, 0.15) is 11.6 Å². The maximum Gasteiger partial charge on any atom is 0.253 e. The number of hydrogen-bond acceptors (Lipinski definition) is 9. The van der Waals surface area contributed by atoms with Crippen molar-refractivity contribution in [2.75, 3.05) is 42.2 Å². The quantitative estimate of drug-likeness (QED) is 0.170.